The molecular weight excluding hydrogens is 1010 g/mol. The smallest absolute Gasteiger partial charge is 0.186 e. The van der Waals surface area contributed by atoms with Crippen LogP contribution in [0.15, 0.2) is 97.3 Å². The second-order valence-corrected chi connectivity index (χ2v) is 24.8. The third-order valence-electron chi connectivity index (χ3n) is 17.9. The van der Waals surface area contributed by atoms with Crippen LogP contribution in [0.25, 0.3) is 10.8 Å². The zero-order chi connectivity index (χ0) is 53.8. The number of fused-ring (bicyclic) bond motifs is 2. The van der Waals surface area contributed by atoms with Gasteiger partial charge in [-0.2, -0.15) is 0 Å². The number of ether oxygens (including phenoxy) is 3. The molecule has 8 N–H and O–H groups in total. The number of H-pyrrole nitrogens is 1. The molecule has 0 saturated heterocycles. The van der Waals surface area contributed by atoms with Crippen LogP contribution in [0.1, 0.15) is 126 Å². The van der Waals surface area contributed by atoms with Crippen molar-refractivity contribution in [2.75, 3.05) is 33.3 Å². The number of aryl methyl sites for hydroxylation is 1. The minimum Gasteiger partial charge on any atom is -0.508 e. The van der Waals surface area contributed by atoms with Crippen LogP contribution in [0, 0.1) is 17.8 Å². The van der Waals surface area contributed by atoms with Crippen LogP contribution < -0.4 is 19.5 Å². The largest absolute Gasteiger partial charge is 0.508 e. The number of aromatic nitrogens is 1. The van der Waals surface area contributed by atoms with Crippen molar-refractivity contribution in [2.45, 2.75) is 138 Å². The first kappa shape index (κ1) is 55.1. The van der Waals surface area contributed by atoms with E-state index in [1.165, 1.54) is 0 Å². The molecule has 3 aliphatic carbocycles. The number of aliphatic hydroxyl groups excluding tert-OH is 4. The number of rotatable bonds is 14. The average molecular weight is 1090 g/mol. The van der Waals surface area contributed by atoms with Crippen molar-refractivity contribution < 1.29 is 49.6 Å². The number of aromatic amines is 1. The van der Waals surface area contributed by atoms with Crippen molar-refractivity contribution in [3.05, 3.63) is 147 Å². The SMILES string of the molecule is CCc1ccc2cccc3c2c1Cc1c(ccc(O)c1OC)CC(Cc1cc[nH]c1)C(O)C1C(=O)C(Cc2ccc(OCO)c(OC4CCCC4)c2)(c2cc(O)cc(C4(NC)CCCCC4)c2)C(O)CC1CSSC3CO. The molecule has 77 heavy (non-hydrogen) atoms. The molecule has 7 atom stereocenters. The maximum atomic E-state index is 17.0. The van der Waals surface area contributed by atoms with E-state index in [1.54, 1.807) is 53.0 Å². The fourth-order valence-electron chi connectivity index (χ4n) is 13.8. The van der Waals surface area contributed by atoms with E-state index in [1.807, 2.05) is 55.8 Å². The highest BCUT2D eigenvalue weighted by molar-refractivity contribution is 8.76. The number of ketones is 1. The van der Waals surface area contributed by atoms with Crippen molar-refractivity contribution in [3.8, 4) is 28.7 Å². The fraction of sp³-hybridized carbons (Fsp3) is 0.476. The number of benzene rings is 5. The zero-order valence-electron chi connectivity index (χ0n) is 44.6. The Bertz CT molecular complexity index is 3010. The van der Waals surface area contributed by atoms with Crippen LogP contribution in [-0.4, -0.2) is 93.0 Å². The molecule has 1 aliphatic heterocycles. The Morgan fingerprint density at radius 1 is 0.857 bits per heavy atom. The first-order chi connectivity index (χ1) is 37.4. The average Bonchev–Trinajstić information content (AvgIpc) is 4.26. The molecule has 3 fully saturated rings. The number of carbonyl (C=O) groups excluding carboxylic acids is 1. The summed E-state index contributed by atoms with van der Waals surface area (Å²) in [6.45, 7) is 1.43. The van der Waals surface area contributed by atoms with Gasteiger partial charge in [-0.25, -0.2) is 0 Å². The molecule has 6 aromatic rings. The topological polar surface area (TPSA) is 194 Å². The Morgan fingerprint density at radius 3 is 2.39 bits per heavy atom. The number of aromatic hydroxyl groups is 2. The Labute approximate surface area is 460 Å². The molecule has 12 nitrogen and oxygen atoms in total. The number of aliphatic hydroxyl groups is 4. The maximum Gasteiger partial charge on any atom is 0.186 e. The van der Waals surface area contributed by atoms with E-state index >= 15 is 4.79 Å². The highest BCUT2D eigenvalue weighted by Gasteiger charge is 2.58. The maximum absolute atomic E-state index is 17.0. The van der Waals surface area contributed by atoms with Crippen LogP contribution >= 0.6 is 21.6 Å². The van der Waals surface area contributed by atoms with Gasteiger partial charge in [-0.3, -0.25) is 4.79 Å². The summed E-state index contributed by atoms with van der Waals surface area (Å²) in [4.78, 5) is 20.2. The molecule has 14 heteroatoms. The first-order valence-electron chi connectivity index (χ1n) is 27.8. The number of phenols is 2. The number of nitrogens with one attached hydrogen (secondary N) is 2. The lowest BCUT2D eigenvalue weighted by Crippen LogP contribution is -2.61. The van der Waals surface area contributed by atoms with Crippen LogP contribution in [0.4, 0.5) is 0 Å². The molecule has 0 amide bonds. The lowest BCUT2D eigenvalue weighted by molar-refractivity contribution is -0.149. The quantitative estimate of drug-likeness (QED) is 0.0380. The van der Waals surface area contributed by atoms with E-state index in [0.717, 1.165) is 114 Å². The van der Waals surface area contributed by atoms with Gasteiger partial charge in [0, 0.05) is 41.6 Å². The summed E-state index contributed by atoms with van der Waals surface area (Å²) in [5.74, 6) is -0.887. The molecule has 0 bridgehead atoms. The third-order valence-corrected chi connectivity index (χ3v) is 20.7. The summed E-state index contributed by atoms with van der Waals surface area (Å²) in [7, 11) is 6.61. The van der Waals surface area contributed by atoms with Gasteiger partial charge in [-0.05, 0) is 181 Å². The van der Waals surface area contributed by atoms with E-state index in [0.29, 0.717) is 53.4 Å². The number of methoxy groups -OCH3 is 1. The van der Waals surface area contributed by atoms with Gasteiger partial charge in [0.25, 0.3) is 0 Å². The monoisotopic (exact) mass is 1080 g/mol. The van der Waals surface area contributed by atoms with Crippen molar-refractivity contribution in [1.29, 1.82) is 0 Å². The van der Waals surface area contributed by atoms with Gasteiger partial charge in [0.2, 0.25) is 0 Å². The molecular formula is C63H76N2O10S2. The molecule has 410 valence electrons. The minimum atomic E-state index is -1.68. The lowest BCUT2D eigenvalue weighted by Gasteiger charge is -2.50. The summed E-state index contributed by atoms with van der Waals surface area (Å²) >= 11 is 0. The van der Waals surface area contributed by atoms with Crippen molar-refractivity contribution in [2.24, 2.45) is 17.8 Å². The van der Waals surface area contributed by atoms with Gasteiger partial charge >= 0.3 is 0 Å². The van der Waals surface area contributed by atoms with E-state index in [2.05, 4.69) is 41.5 Å². The first-order valence-corrected chi connectivity index (χ1v) is 30.2. The van der Waals surface area contributed by atoms with Crippen molar-refractivity contribution in [3.63, 3.8) is 0 Å². The van der Waals surface area contributed by atoms with Gasteiger partial charge < -0.3 is 55.2 Å². The summed E-state index contributed by atoms with van der Waals surface area (Å²) < 4.78 is 18.4. The number of hydrogen-bond acceptors (Lipinski definition) is 13. The van der Waals surface area contributed by atoms with Crippen LogP contribution in [0.3, 0.4) is 0 Å². The fourth-order valence-corrected chi connectivity index (χ4v) is 16.7. The van der Waals surface area contributed by atoms with E-state index in [4.69, 9.17) is 14.2 Å². The molecule has 10 rings (SSSR count). The molecule has 0 spiro atoms. The number of hydrogen-bond donors (Lipinski definition) is 8. The van der Waals surface area contributed by atoms with Gasteiger partial charge in [0.05, 0.1) is 42.7 Å². The molecule has 3 saturated carbocycles. The second kappa shape index (κ2) is 24.0. The summed E-state index contributed by atoms with van der Waals surface area (Å²) in [5, 5.41) is 77.1. The second-order valence-electron chi connectivity index (χ2n) is 22.2. The Kier molecular flexibility index (Phi) is 17.2. The Morgan fingerprint density at radius 2 is 1.66 bits per heavy atom. The van der Waals surface area contributed by atoms with Gasteiger partial charge in [-0.15, -0.1) is 0 Å². The molecule has 2 heterocycles. The van der Waals surface area contributed by atoms with Gasteiger partial charge in [-0.1, -0.05) is 96.3 Å². The summed E-state index contributed by atoms with van der Waals surface area (Å²) in [5.41, 5.74) is 5.65. The normalized spacial score (nSPS) is 25.1. The molecule has 0 radical (unpaired) electrons. The van der Waals surface area contributed by atoms with Crippen LogP contribution in [0.5, 0.6) is 28.7 Å². The van der Waals surface area contributed by atoms with Crippen molar-refractivity contribution >= 4 is 38.1 Å². The predicted molar refractivity (Wildman–Crippen MR) is 305 cm³/mol. The van der Waals surface area contributed by atoms with Gasteiger partial charge in [0.15, 0.2) is 35.6 Å². The van der Waals surface area contributed by atoms with Crippen LogP contribution in [0.2, 0.25) is 0 Å². The highest BCUT2D eigenvalue weighted by Crippen LogP contribution is 2.53. The lowest BCUT2D eigenvalue weighted by atomic mass is 9.55. The van der Waals surface area contributed by atoms with Crippen LogP contribution in [-0.2, 0) is 47.9 Å². The van der Waals surface area contributed by atoms with E-state index in [-0.39, 0.29) is 48.1 Å². The molecule has 5 aromatic carbocycles. The number of phenolic OH excluding ortho intramolecular Hbond substituents is 2. The predicted octanol–water partition coefficient (Wildman–Crippen LogP) is 10.7. The molecule has 1 aromatic heterocycles. The highest BCUT2D eigenvalue weighted by atomic mass is 33.1. The van der Waals surface area contributed by atoms with E-state index in [9.17, 15) is 30.6 Å². The Hall–Kier alpha value is -5.19. The minimum absolute atomic E-state index is 0.00147. The standard InChI is InChI=1S/C63H76N2O10S2/c1-4-40-16-17-41-11-10-14-49-55(35-66)77-76-36-44-28-56(70)63(46-29-45(30-47(68)31-46)62(64-2)22-8-5-9-23-62,33-38-15-20-53(74-37-67)54(26-38)75-48-12-6-7-13-48)61(72)58(44)59(71)43(25-39-21-24-65-34-39)27-42-18-19-52(69)60(73-3)51(42)32-50(40)57(41)49/h10-11,14-21,24,26,29-31,34,43-44,48,55-56,58-59,64-71H,4-9,12-13,22-23,25,27-28,32-33,35-37H2,1-3H3. The van der Waals surface area contributed by atoms with Gasteiger partial charge in [0.1, 0.15) is 5.75 Å². The van der Waals surface area contributed by atoms with Crippen molar-refractivity contribution in [1.82, 2.24) is 10.3 Å². The molecule has 7 unspecified atom stereocenters. The zero-order valence-corrected chi connectivity index (χ0v) is 46.3. The third kappa shape index (κ3) is 11.0. The van der Waals surface area contributed by atoms with E-state index < -0.39 is 47.7 Å². The number of carbonyl (C=O) groups is 1. The summed E-state index contributed by atoms with van der Waals surface area (Å²) in [6, 6.07) is 27.0. The summed E-state index contributed by atoms with van der Waals surface area (Å²) in [6.07, 6.45) is 11.8. The molecule has 4 aliphatic rings. The Balaban J connectivity index is 1.17. The number of Topliss-reactive ketones (excluding diaryl/α,β-unsaturated/α-hetero) is 1.